The molecule has 3 N–H and O–H groups in total. The van der Waals surface area contributed by atoms with Crippen LogP contribution < -0.4 is 16.2 Å². The molecule has 0 atom stereocenters. The predicted octanol–water partition coefficient (Wildman–Crippen LogP) is 0.687. The number of nitrogens with zero attached hydrogens (tertiary/aromatic N) is 4. The van der Waals surface area contributed by atoms with Crippen molar-refractivity contribution in [2.75, 3.05) is 51.2 Å². The van der Waals surface area contributed by atoms with E-state index in [0.717, 1.165) is 31.9 Å². The maximum absolute atomic E-state index is 5.46. The van der Waals surface area contributed by atoms with E-state index in [1.54, 1.807) is 7.11 Å². The van der Waals surface area contributed by atoms with Gasteiger partial charge >= 0.3 is 0 Å². The maximum atomic E-state index is 5.46. The molecular weight excluding hydrogens is 256 g/mol. The van der Waals surface area contributed by atoms with Gasteiger partial charge in [-0.05, 0) is 34.0 Å². The standard InChI is InChI=1S/C13H26N6O/c1-5-19(8-6-7-18(2)3)13-9-11(17-14)15-12(16-13)10-20-4/h9H,5-8,10,14H2,1-4H3,(H,15,16,17). The molecule has 7 nitrogen and oxygen atoms in total. The molecule has 0 amide bonds. The second kappa shape index (κ2) is 8.68. The van der Waals surface area contributed by atoms with Gasteiger partial charge in [0.2, 0.25) is 0 Å². The first-order valence-corrected chi connectivity index (χ1v) is 6.83. The SMILES string of the molecule is CCN(CCCN(C)C)c1cc(NN)nc(COC)n1. The zero-order valence-electron chi connectivity index (χ0n) is 12.9. The van der Waals surface area contributed by atoms with Crippen molar-refractivity contribution in [3.05, 3.63) is 11.9 Å². The summed E-state index contributed by atoms with van der Waals surface area (Å²) < 4.78 is 5.09. The number of methoxy groups -OCH3 is 1. The summed E-state index contributed by atoms with van der Waals surface area (Å²) in [6, 6.07) is 1.86. The molecule has 1 aromatic rings. The summed E-state index contributed by atoms with van der Waals surface area (Å²) in [5, 5.41) is 0. The van der Waals surface area contributed by atoms with Gasteiger partial charge in [0.25, 0.3) is 0 Å². The number of nitrogens with two attached hydrogens (primary N) is 1. The monoisotopic (exact) mass is 282 g/mol. The lowest BCUT2D eigenvalue weighted by Gasteiger charge is -2.23. The number of nitrogen functional groups attached to an aromatic ring is 1. The van der Waals surface area contributed by atoms with Crippen LogP contribution in [0, 0.1) is 0 Å². The van der Waals surface area contributed by atoms with Gasteiger partial charge in [-0.1, -0.05) is 0 Å². The van der Waals surface area contributed by atoms with Crippen LogP contribution in [0.3, 0.4) is 0 Å². The van der Waals surface area contributed by atoms with E-state index in [4.69, 9.17) is 10.6 Å². The number of ether oxygens (including phenoxy) is 1. The number of nitrogens with one attached hydrogen (secondary N) is 1. The highest BCUT2D eigenvalue weighted by atomic mass is 16.5. The third-order valence-electron chi connectivity index (χ3n) is 2.92. The second-order valence-corrected chi connectivity index (χ2v) is 4.84. The number of anilines is 2. The molecule has 114 valence electrons. The first kappa shape index (κ1) is 16.6. The number of hydrogen-bond donors (Lipinski definition) is 2. The summed E-state index contributed by atoms with van der Waals surface area (Å²) in [7, 11) is 5.78. The van der Waals surface area contributed by atoms with Crippen LogP contribution in [0.2, 0.25) is 0 Å². The topological polar surface area (TPSA) is 79.5 Å². The molecule has 1 heterocycles. The van der Waals surface area contributed by atoms with Crippen molar-refractivity contribution in [2.45, 2.75) is 20.0 Å². The van der Waals surface area contributed by atoms with Crippen molar-refractivity contribution in [2.24, 2.45) is 5.84 Å². The molecule has 1 aromatic heterocycles. The highest BCUT2D eigenvalue weighted by molar-refractivity contribution is 5.48. The van der Waals surface area contributed by atoms with Gasteiger partial charge in [-0.25, -0.2) is 15.8 Å². The van der Waals surface area contributed by atoms with E-state index in [2.05, 4.69) is 46.2 Å². The lowest BCUT2D eigenvalue weighted by molar-refractivity contribution is 0.178. The van der Waals surface area contributed by atoms with Crippen LogP contribution >= 0.6 is 0 Å². The molecule has 0 spiro atoms. The van der Waals surface area contributed by atoms with Crippen LogP contribution in [0.5, 0.6) is 0 Å². The van der Waals surface area contributed by atoms with E-state index in [9.17, 15) is 0 Å². The first-order chi connectivity index (χ1) is 9.60. The first-order valence-electron chi connectivity index (χ1n) is 6.83. The van der Waals surface area contributed by atoms with Crippen LogP contribution in [0.1, 0.15) is 19.2 Å². The summed E-state index contributed by atoms with van der Waals surface area (Å²) in [6.45, 7) is 5.37. The molecule has 0 radical (unpaired) electrons. The quantitative estimate of drug-likeness (QED) is 0.509. The van der Waals surface area contributed by atoms with E-state index in [1.807, 2.05) is 6.07 Å². The summed E-state index contributed by atoms with van der Waals surface area (Å²) >= 11 is 0. The Morgan fingerprint density at radius 2 is 2.05 bits per heavy atom. The van der Waals surface area contributed by atoms with Crippen LogP contribution in [-0.4, -0.2) is 55.7 Å². The smallest absolute Gasteiger partial charge is 0.158 e. The number of rotatable bonds is 9. The minimum absolute atomic E-state index is 0.373. The Morgan fingerprint density at radius 1 is 1.30 bits per heavy atom. The average Bonchev–Trinajstić information content (AvgIpc) is 2.43. The summed E-state index contributed by atoms with van der Waals surface area (Å²) in [5.74, 6) is 7.57. The van der Waals surface area contributed by atoms with Gasteiger partial charge in [0.15, 0.2) is 5.82 Å². The Bertz CT molecular complexity index is 398. The van der Waals surface area contributed by atoms with E-state index in [0.29, 0.717) is 18.2 Å². The molecule has 0 aromatic carbocycles. The maximum Gasteiger partial charge on any atom is 0.158 e. The predicted molar refractivity (Wildman–Crippen MR) is 81.6 cm³/mol. The third kappa shape index (κ3) is 5.28. The molecule has 20 heavy (non-hydrogen) atoms. The van der Waals surface area contributed by atoms with Gasteiger partial charge in [0.05, 0.1) is 0 Å². The fourth-order valence-electron chi connectivity index (χ4n) is 1.93. The Labute approximate surface area is 121 Å². The van der Waals surface area contributed by atoms with Crippen molar-refractivity contribution >= 4 is 11.6 Å². The van der Waals surface area contributed by atoms with Gasteiger partial charge in [0, 0.05) is 26.3 Å². The van der Waals surface area contributed by atoms with Crippen molar-refractivity contribution in [3.8, 4) is 0 Å². The lowest BCUT2D eigenvalue weighted by Crippen LogP contribution is -2.28. The van der Waals surface area contributed by atoms with Gasteiger partial charge in [-0.15, -0.1) is 0 Å². The minimum atomic E-state index is 0.373. The molecule has 0 bridgehead atoms. The Kier molecular flexibility index (Phi) is 7.21. The highest BCUT2D eigenvalue weighted by Gasteiger charge is 2.10. The molecule has 0 aliphatic carbocycles. The van der Waals surface area contributed by atoms with Crippen molar-refractivity contribution < 1.29 is 4.74 Å². The van der Waals surface area contributed by atoms with Crippen LogP contribution in [0.4, 0.5) is 11.6 Å². The van der Waals surface area contributed by atoms with Gasteiger partial charge < -0.3 is 20.0 Å². The zero-order valence-corrected chi connectivity index (χ0v) is 12.9. The molecule has 0 aliphatic rings. The van der Waals surface area contributed by atoms with Gasteiger partial charge in [0.1, 0.15) is 18.2 Å². The van der Waals surface area contributed by atoms with Crippen LogP contribution in [0.15, 0.2) is 6.07 Å². The summed E-state index contributed by atoms with van der Waals surface area (Å²) in [6.07, 6.45) is 1.08. The normalized spacial score (nSPS) is 10.9. The van der Waals surface area contributed by atoms with E-state index in [1.165, 1.54) is 0 Å². The molecule has 0 saturated heterocycles. The lowest BCUT2D eigenvalue weighted by atomic mass is 10.3. The van der Waals surface area contributed by atoms with Gasteiger partial charge in [-0.3, -0.25) is 0 Å². The summed E-state index contributed by atoms with van der Waals surface area (Å²) in [5.41, 5.74) is 2.58. The molecule has 0 fully saturated rings. The fourth-order valence-corrected chi connectivity index (χ4v) is 1.93. The van der Waals surface area contributed by atoms with Crippen LogP contribution in [-0.2, 0) is 11.3 Å². The summed E-state index contributed by atoms with van der Waals surface area (Å²) in [4.78, 5) is 13.2. The molecule has 7 heteroatoms. The van der Waals surface area contributed by atoms with Gasteiger partial charge in [-0.2, -0.15) is 0 Å². The van der Waals surface area contributed by atoms with E-state index >= 15 is 0 Å². The largest absolute Gasteiger partial charge is 0.377 e. The third-order valence-corrected chi connectivity index (χ3v) is 2.92. The van der Waals surface area contributed by atoms with Crippen molar-refractivity contribution in [1.82, 2.24) is 14.9 Å². The number of hydrazine groups is 1. The second-order valence-electron chi connectivity index (χ2n) is 4.84. The molecule has 1 rings (SSSR count). The molecule has 0 unspecified atom stereocenters. The zero-order chi connectivity index (χ0) is 15.0. The van der Waals surface area contributed by atoms with Crippen molar-refractivity contribution in [1.29, 1.82) is 0 Å². The Hall–Kier alpha value is -1.44. The highest BCUT2D eigenvalue weighted by Crippen LogP contribution is 2.16. The number of hydrogen-bond acceptors (Lipinski definition) is 7. The number of aromatic nitrogens is 2. The fraction of sp³-hybridized carbons (Fsp3) is 0.692. The Balaban J connectivity index is 2.81. The Morgan fingerprint density at radius 3 is 2.60 bits per heavy atom. The van der Waals surface area contributed by atoms with Crippen LogP contribution in [0.25, 0.3) is 0 Å². The minimum Gasteiger partial charge on any atom is -0.377 e. The van der Waals surface area contributed by atoms with E-state index in [-0.39, 0.29) is 0 Å². The van der Waals surface area contributed by atoms with E-state index < -0.39 is 0 Å². The van der Waals surface area contributed by atoms with Crippen molar-refractivity contribution in [3.63, 3.8) is 0 Å². The average molecular weight is 282 g/mol. The molecule has 0 saturated carbocycles. The molecule has 0 aliphatic heterocycles. The molecular formula is C13H26N6O.